The summed E-state index contributed by atoms with van der Waals surface area (Å²) in [6, 6.07) is 12.6. The Morgan fingerprint density at radius 3 is 2.81 bits per heavy atom. The minimum absolute atomic E-state index is 0.118. The lowest BCUT2D eigenvalue weighted by molar-refractivity contribution is 0.102. The molecule has 0 aliphatic rings. The molecule has 6 nitrogen and oxygen atoms in total. The number of thioether (sulfide) groups is 1. The third-order valence-electron chi connectivity index (χ3n) is 3.69. The maximum Gasteiger partial charge on any atom is 0.277 e. The van der Waals surface area contributed by atoms with Crippen LogP contribution in [0.3, 0.4) is 0 Å². The van der Waals surface area contributed by atoms with Crippen molar-refractivity contribution in [2.24, 2.45) is 0 Å². The van der Waals surface area contributed by atoms with Crippen LogP contribution in [-0.4, -0.2) is 28.8 Å². The number of ketones is 1. The monoisotopic (exact) mass is 404 g/mol. The Hall–Kier alpha value is -2.51. The van der Waals surface area contributed by atoms with Gasteiger partial charge >= 0.3 is 0 Å². The molecule has 0 spiro atoms. The molecule has 8 heteroatoms. The Kier molecular flexibility index (Phi) is 6.36. The highest BCUT2D eigenvalue weighted by atomic mass is 35.5. The minimum Gasteiger partial charge on any atom is -0.497 e. The number of halogens is 1. The molecule has 0 aliphatic carbocycles. The van der Waals surface area contributed by atoms with E-state index < -0.39 is 0 Å². The quantitative estimate of drug-likeness (QED) is 0.401. The summed E-state index contributed by atoms with van der Waals surface area (Å²) in [5.74, 6) is 1.63. The highest BCUT2D eigenvalue weighted by Crippen LogP contribution is 2.25. The summed E-state index contributed by atoms with van der Waals surface area (Å²) in [6.07, 6.45) is 0. The fraction of sp³-hybridized carbons (Fsp3) is 0.211. The van der Waals surface area contributed by atoms with Gasteiger partial charge < -0.3 is 13.9 Å². The fourth-order valence-corrected chi connectivity index (χ4v) is 3.15. The van der Waals surface area contributed by atoms with E-state index in [0.717, 1.165) is 23.1 Å². The van der Waals surface area contributed by atoms with Crippen LogP contribution < -0.4 is 9.47 Å². The van der Waals surface area contributed by atoms with Crippen molar-refractivity contribution in [1.29, 1.82) is 0 Å². The average Bonchev–Trinajstić information content (AvgIpc) is 3.14. The SMILES string of the molecule is COc1ccc(Cl)c(C(=O)CSc2nnc(COc3ccccc3C)o2)c1. The number of nitrogens with zero attached hydrogens (tertiary/aromatic N) is 2. The molecule has 0 fully saturated rings. The second kappa shape index (κ2) is 8.92. The van der Waals surface area contributed by atoms with Crippen molar-refractivity contribution in [3.05, 3.63) is 64.5 Å². The summed E-state index contributed by atoms with van der Waals surface area (Å²) >= 11 is 7.24. The van der Waals surface area contributed by atoms with E-state index in [4.69, 9.17) is 25.5 Å². The number of benzene rings is 2. The molecule has 0 bridgehead atoms. The summed E-state index contributed by atoms with van der Waals surface area (Å²) in [7, 11) is 1.53. The number of rotatable bonds is 8. The Morgan fingerprint density at radius 2 is 2.04 bits per heavy atom. The number of methoxy groups -OCH3 is 1. The average molecular weight is 405 g/mol. The first-order valence-electron chi connectivity index (χ1n) is 8.07. The van der Waals surface area contributed by atoms with Crippen molar-refractivity contribution in [3.8, 4) is 11.5 Å². The van der Waals surface area contributed by atoms with Gasteiger partial charge in [0, 0.05) is 5.56 Å². The van der Waals surface area contributed by atoms with Gasteiger partial charge in [-0.25, -0.2) is 0 Å². The van der Waals surface area contributed by atoms with Crippen LogP contribution in [0.5, 0.6) is 11.5 Å². The molecular formula is C19H17ClN2O4S. The predicted molar refractivity (Wildman–Crippen MR) is 103 cm³/mol. The predicted octanol–water partition coefficient (Wildman–Crippen LogP) is 4.59. The van der Waals surface area contributed by atoms with Crippen molar-refractivity contribution in [1.82, 2.24) is 10.2 Å². The van der Waals surface area contributed by atoms with E-state index in [9.17, 15) is 4.79 Å². The third-order valence-corrected chi connectivity index (χ3v) is 4.84. The number of para-hydroxylation sites is 1. The van der Waals surface area contributed by atoms with Gasteiger partial charge in [-0.15, -0.1) is 10.2 Å². The molecule has 0 atom stereocenters. The Morgan fingerprint density at radius 1 is 1.22 bits per heavy atom. The maximum atomic E-state index is 12.4. The first-order chi connectivity index (χ1) is 13.1. The van der Waals surface area contributed by atoms with Gasteiger partial charge in [-0.1, -0.05) is 41.6 Å². The molecule has 0 saturated heterocycles. The van der Waals surface area contributed by atoms with Crippen LogP contribution in [0.25, 0.3) is 0 Å². The Bertz CT molecular complexity index is 945. The molecule has 0 saturated carbocycles. The molecule has 0 unspecified atom stereocenters. The van der Waals surface area contributed by atoms with E-state index in [-0.39, 0.29) is 18.1 Å². The summed E-state index contributed by atoms with van der Waals surface area (Å²) in [4.78, 5) is 12.4. The van der Waals surface area contributed by atoms with Crippen LogP contribution in [0.2, 0.25) is 5.02 Å². The van der Waals surface area contributed by atoms with Gasteiger partial charge in [0.25, 0.3) is 11.1 Å². The van der Waals surface area contributed by atoms with Crippen molar-refractivity contribution in [2.45, 2.75) is 18.8 Å². The number of ether oxygens (including phenoxy) is 2. The van der Waals surface area contributed by atoms with Crippen LogP contribution in [0, 0.1) is 6.92 Å². The molecule has 0 aliphatic heterocycles. The van der Waals surface area contributed by atoms with E-state index in [1.165, 1.54) is 7.11 Å². The van der Waals surface area contributed by atoms with Gasteiger partial charge in [0.1, 0.15) is 11.5 Å². The highest BCUT2D eigenvalue weighted by molar-refractivity contribution is 7.99. The lowest BCUT2D eigenvalue weighted by Gasteiger charge is -2.06. The van der Waals surface area contributed by atoms with Crippen LogP contribution in [0.15, 0.2) is 52.1 Å². The van der Waals surface area contributed by atoms with Crippen molar-refractivity contribution in [2.75, 3.05) is 12.9 Å². The van der Waals surface area contributed by atoms with Gasteiger partial charge in [-0.2, -0.15) is 0 Å². The van der Waals surface area contributed by atoms with E-state index in [0.29, 0.717) is 27.4 Å². The summed E-state index contributed by atoms with van der Waals surface area (Å²) in [5, 5.41) is 8.54. The Balaban J connectivity index is 1.56. The Labute approximate surface area is 165 Å². The van der Waals surface area contributed by atoms with E-state index in [2.05, 4.69) is 10.2 Å². The van der Waals surface area contributed by atoms with Crippen molar-refractivity contribution in [3.63, 3.8) is 0 Å². The smallest absolute Gasteiger partial charge is 0.277 e. The van der Waals surface area contributed by atoms with Gasteiger partial charge in [-0.05, 0) is 36.8 Å². The van der Waals surface area contributed by atoms with Crippen LogP contribution in [-0.2, 0) is 6.61 Å². The summed E-state index contributed by atoms with van der Waals surface area (Å²) in [6.45, 7) is 2.12. The number of Topliss-reactive ketones (excluding diaryl/α,β-unsaturated/α-hetero) is 1. The number of carbonyl (C=O) groups excluding carboxylic acids is 1. The molecular weight excluding hydrogens is 388 g/mol. The van der Waals surface area contributed by atoms with Gasteiger partial charge in [0.05, 0.1) is 17.9 Å². The standard InChI is InChI=1S/C19H17ClN2O4S/c1-12-5-3-4-6-17(12)25-10-18-21-22-19(26-18)27-11-16(23)14-9-13(24-2)7-8-15(14)20/h3-9H,10-11H2,1-2H3. The number of aryl methyl sites for hydroxylation is 1. The van der Waals surface area contributed by atoms with E-state index >= 15 is 0 Å². The van der Waals surface area contributed by atoms with Gasteiger partial charge in [-0.3, -0.25) is 4.79 Å². The molecule has 1 aromatic heterocycles. The number of aromatic nitrogens is 2. The fourth-order valence-electron chi connectivity index (χ4n) is 2.26. The molecule has 140 valence electrons. The third kappa shape index (κ3) is 5.02. The molecule has 0 N–H and O–H groups in total. The zero-order valence-corrected chi connectivity index (χ0v) is 16.3. The van der Waals surface area contributed by atoms with Gasteiger partial charge in [0.2, 0.25) is 0 Å². The zero-order valence-electron chi connectivity index (χ0n) is 14.8. The molecule has 0 amide bonds. The lowest BCUT2D eigenvalue weighted by Crippen LogP contribution is -2.03. The van der Waals surface area contributed by atoms with Crippen LogP contribution in [0.4, 0.5) is 0 Å². The minimum atomic E-state index is -0.153. The van der Waals surface area contributed by atoms with Crippen LogP contribution in [0.1, 0.15) is 21.8 Å². The molecule has 0 radical (unpaired) electrons. The highest BCUT2D eigenvalue weighted by Gasteiger charge is 2.15. The zero-order chi connectivity index (χ0) is 19.2. The van der Waals surface area contributed by atoms with E-state index in [1.54, 1.807) is 18.2 Å². The largest absolute Gasteiger partial charge is 0.497 e. The second-order valence-electron chi connectivity index (χ2n) is 5.57. The van der Waals surface area contributed by atoms with E-state index in [1.807, 2.05) is 31.2 Å². The maximum absolute atomic E-state index is 12.4. The van der Waals surface area contributed by atoms with Gasteiger partial charge in [0.15, 0.2) is 12.4 Å². The van der Waals surface area contributed by atoms with Crippen molar-refractivity contribution < 1.29 is 18.7 Å². The lowest BCUT2D eigenvalue weighted by atomic mass is 10.1. The number of carbonyl (C=O) groups is 1. The molecule has 3 rings (SSSR count). The normalized spacial score (nSPS) is 10.6. The van der Waals surface area contributed by atoms with Crippen molar-refractivity contribution >= 4 is 29.1 Å². The molecule has 2 aromatic carbocycles. The molecule has 27 heavy (non-hydrogen) atoms. The molecule has 1 heterocycles. The summed E-state index contributed by atoms with van der Waals surface area (Å²) < 4.78 is 16.3. The summed E-state index contributed by atoms with van der Waals surface area (Å²) in [5.41, 5.74) is 1.42. The molecule has 3 aromatic rings. The first-order valence-corrected chi connectivity index (χ1v) is 9.43. The number of hydrogen-bond donors (Lipinski definition) is 0. The number of hydrogen-bond acceptors (Lipinski definition) is 7. The topological polar surface area (TPSA) is 74.5 Å². The first kappa shape index (κ1) is 19.3. The van der Waals surface area contributed by atoms with Crippen LogP contribution >= 0.6 is 23.4 Å². The second-order valence-corrected chi connectivity index (χ2v) is 6.91.